The number of hydrogen-bond donors (Lipinski definition) is 3. The molecule has 0 radical (unpaired) electrons. The third-order valence-electron chi connectivity index (χ3n) is 10.6. The van der Waals surface area contributed by atoms with Crippen molar-refractivity contribution < 1.29 is 24.4 Å². The van der Waals surface area contributed by atoms with Crippen molar-refractivity contribution >= 4 is 24.7 Å². The molecule has 1 aliphatic rings. The van der Waals surface area contributed by atoms with Crippen LogP contribution in [-0.2, 0) is 15.5 Å². The van der Waals surface area contributed by atoms with Gasteiger partial charge in [-0.25, -0.2) is 4.79 Å². The number of H-pyrrole nitrogens is 1. The number of methoxy groups -OCH3 is 2. The Labute approximate surface area is 297 Å². The lowest BCUT2D eigenvalue weighted by Gasteiger charge is -2.55. The number of benzene rings is 3. The largest absolute Gasteiger partial charge is 0.497 e. The minimum atomic E-state index is -2.15. The van der Waals surface area contributed by atoms with Gasteiger partial charge in [0.2, 0.25) is 0 Å². The number of halogens is 1. The van der Waals surface area contributed by atoms with Crippen molar-refractivity contribution in [1.82, 2.24) is 9.55 Å². The van der Waals surface area contributed by atoms with Crippen LogP contribution in [0.25, 0.3) is 0 Å². The number of ether oxygens (including phenoxy) is 3. The molecule has 0 bridgehead atoms. The van der Waals surface area contributed by atoms with Crippen molar-refractivity contribution in [2.45, 2.75) is 75.3 Å². The monoisotopic (exact) mass is 750 g/mol. The summed E-state index contributed by atoms with van der Waals surface area (Å²) in [6, 6.07) is 24.8. The van der Waals surface area contributed by atoms with Gasteiger partial charge >= 0.3 is 5.69 Å². The van der Waals surface area contributed by atoms with Gasteiger partial charge in [-0.15, -0.1) is 0 Å². The molecule has 11 heteroatoms. The van der Waals surface area contributed by atoms with Gasteiger partial charge in [0.25, 0.3) is 5.56 Å². The molecule has 3 aromatic carbocycles. The van der Waals surface area contributed by atoms with Gasteiger partial charge in [0.1, 0.15) is 34.2 Å². The Morgan fingerprint density at radius 2 is 1.41 bits per heavy atom. The highest BCUT2D eigenvalue weighted by atomic mass is 79.9. The number of aliphatic hydroxyl groups is 2. The summed E-state index contributed by atoms with van der Waals surface area (Å²) in [7, 11) is 1.06. The predicted molar refractivity (Wildman–Crippen MR) is 198 cm³/mol. The fourth-order valence-electron chi connectivity index (χ4n) is 7.66. The topological polar surface area (TPSA) is 123 Å². The van der Waals surface area contributed by atoms with Crippen molar-refractivity contribution in [3.8, 4) is 11.5 Å². The molecular formula is C38H47BrN2O7Si. The standard InChI is InChI=1S/C38H47BrN2O7Si/c1-25-22-41(33(44)40-31(25)42)37(49(7)8)23-36(45,34(2,3)4)35(24-39,48-37)32(43)38(26-12-10-9-11-13-26,27-14-18-29(46-5)19-15-27)28-16-20-30(47-6)21-17-28/h9-22,32,43,45,49H,23-24H2,1-8H3,(H,40,42,44)/t32?,35-,36-,37+/m1/s1. The zero-order chi connectivity index (χ0) is 36.0. The zero-order valence-corrected chi connectivity index (χ0v) is 32.2. The first-order chi connectivity index (χ1) is 23.1. The van der Waals surface area contributed by atoms with E-state index in [0.29, 0.717) is 17.1 Å². The predicted octanol–water partition coefficient (Wildman–Crippen LogP) is 5.27. The van der Waals surface area contributed by atoms with Crippen LogP contribution in [0.4, 0.5) is 0 Å². The molecule has 9 nitrogen and oxygen atoms in total. The molecular weight excluding hydrogens is 704 g/mol. The molecule has 2 heterocycles. The Kier molecular flexibility index (Phi) is 10.0. The van der Waals surface area contributed by atoms with E-state index in [9.17, 15) is 19.8 Å². The van der Waals surface area contributed by atoms with Gasteiger partial charge in [-0.05, 0) is 53.3 Å². The molecule has 0 saturated carbocycles. The lowest BCUT2D eigenvalue weighted by atomic mass is 9.56. The third-order valence-corrected chi connectivity index (χ3v) is 13.8. The molecule has 0 aliphatic carbocycles. The van der Waals surface area contributed by atoms with E-state index in [-0.39, 0.29) is 11.8 Å². The molecule has 262 valence electrons. The summed E-state index contributed by atoms with van der Waals surface area (Å²) in [5, 5.41) is 25.7. The molecule has 3 N–H and O–H groups in total. The Morgan fingerprint density at radius 3 is 1.84 bits per heavy atom. The average Bonchev–Trinajstić information content (AvgIpc) is 3.39. The maximum atomic E-state index is 13.7. The van der Waals surface area contributed by atoms with Gasteiger partial charge < -0.3 is 24.4 Å². The van der Waals surface area contributed by atoms with Crippen LogP contribution in [0, 0.1) is 12.3 Å². The van der Waals surface area contributed by atoms with E-state index in [1.54, 1.807) is 21.1 Å². The van der Waals surface area contributed by atoms with Gasteiger partial charge in [-0.1, -0.05) is 104 Å². The van der Waals surface area contributed by atoms with Gasteiger partial charge in [0.05, 0.1) is 28.4 Å². The van der Waals surface area contributed by atoms with Crippen LogP contribution in [0.3, 0.4) is 0 Å². The van der Waals surface area contributed by atoms with Crippen LogP contribution in [0.1, 0.15) is 49.4 Å². The SMILES string of the molecule is COc1ccc(C(c2ccccc2)(c2ccc(OC)cc2)C(O)[C@@]2(CBr)O[C@](n3cc(C)c(=O)[nH]c3=O)([SiH](C)C)C[C@@]2(O)C(C)(C)C)cc1. The number of aromatic nitrogens is 2. The summed E-state index contributed by atoms with van der Waals surface area (Å²) < 4.78 is 19.9. The van der Waals surface area contributed by atoms with Gasteiger partial charge in [-0.3, -0.25) is 14.3 Å². The number of alkyl halides is 1. The minimum absolute atomic E-state index is 0.00245. The van der Waals surface area contributed by atoms with Gasteiger partial charge in [0, 0.05) is 23.5 Å². The highest BCUT2D eigenvalue weighted by Gasteiger charge is 2.74. The summed E-state index contributed by atoms with van der Waals surface area (Å²) in [4.78, 5) is 28.7. The van der Waals surface area contributed by atoms with Gasteiger partial charge in [0.15, 0.2) is 0 Å². The first kappa shape index (κ1) is 36.8. The number of aryl methyl sites for hydroxylation is 1. The first-order valence-corrected chi connectivity index (χ1v) is 20.4. The smallest absolute Gasteiger partial charge is 0.330 e. The highest BCUT2D eigenvalue weighted by molar-refractivity contribution is 9.09. The molecule has 0 spiro atoms. The molecule has 4 aromatic rings. The molecule has 1 unspecified atom stereocenters. The van der Waals surface area contributed by atoms with Crippen molar-refractivity contribution in [3.63, 3.8) is 0 Å². The maximum Gasteiger partial charge on any atom is 0.330 e. The second-order valence-electron chi connectivity index (χ2n) is 14.4. The quantitative estimate of drug-likeness (QED) is 0.115. The zero-order valence-electron chi connectivity index (χ0n) is 29.4. The van der Waals surface area contributed by atoms with Crippen molar-refractivity contribution in [3.05, 3.63) is 128 Å². The molecule has 0 amide bonds. The van der Waals surface area contributed by atoms with Crippen LogP contribution in [0.15, 0.2) is 94.6 Å². The number of aliphatic hydroxyl groups excluding tert-OH is 1. The van der Waals surface area contributed by atoms with Crippen LogP contribution < -0.4 is 20.7 Å². The number of hydrogen-bond acceptors (Lipinski definition) is 7. The fourth-order valence-corrected chi connectivity index (χ4v) is 10.4. The van der Waals surface area contributed by atoms with Gasteiger partial charge in [-0.2, -0.15) is 0 Å². The van der Waals surface area contributed by atoms with Crippen molar-refractivity contribution in [2.24, 2.45) is 5.41 Å². The highest BCUT2D eigenvalue weighted by Crippen LogP contribution is 2.61. The summed E-state index contributed by atoms with van der Waals surface area (Å²) in [5.41, 5.74) is -4.25. The number of rotatable bonds is 10. The second kappa shape index (κ2) is 13.3. The molecule has 1 aliphatic heterocycles. The van der Waals surface area contributed by atoms with Crippen LogP contribution in [0.2, 0.25) is 13.1 Å². The Morgan fingerprint density at radius 1 is 0.918 bits per heavy atom. The molecule has 4 atom stereocenters. The molecule has 1 aromatic heterocycles. The number of aromatic amines is 1. The lowest BCUT2D eigenvalue weighted by Crippen LogP contribution is -2.70. The third kappa shape index (κ3) is 5.63. The Bertz CT molecular complexity index is 1840. The van der Waals surface area contributed by atoms with Crippen LogP contribution in [0.5, 0.6) is 11.5 Å². The maximum absolute atomic E-state index is 13.7. The summed E-state index contributed by atoms with van der Waals surface area (Å²) in [6.07, 6.45) is 0.0463. The van der Waals surface area contributed by atoms with Crippen molar-refractivity contribution in [1.29, 1.82) is 0 Å². The van der Waals surface area contributed by atoms with E-state index in [1.807, 2.05) is 113 Å². The molecule has 5 rings (SSSR count). The normalized spacial score (nSPS) is 23.4. The summed E-state index contributed by atoms with van der Waals surface area (Å²) in [5.74, 6) is 1.29. The Hall–Kier alpha value is -3.48. The van der Waals surface area contributed by atoms with Crippen molar-refractivity contribution in [2.75, 3.05) is 19.5 Å². The van der Waals surface area contributed by atoms with E-state index in [4.69, 9.17) is 14.2 Å². The van der Waals surface area contributed by atoms with E-state index in [0.717, 1.165) is 16.7 Å². The number of nitrogens with one attached hydrogen (secondary N) is 1. The van der Waals surface area contributed by atoms with Crippen LogP contribution >= 0.6 is 15.9 Å². The van der Waals surface area contributed by atoms with Crippen LogP contribution in [-0.4, -0.2) is 65.4 Å². The molecule has 1 saturated heterocycles. The number of nitrogens with zero attached hydrogens (tertiary/aromatic N) is 1. The van der Waals surface area contributed by atoms with E-state index in [1.165, 1.54) is 10.8 Å². The average molecular weight is 752 g/mol. The van der Waals surface area contributed by atoms with E-state index >= 15 is 0 Å². The molecule has 1 fully saturated rings. The minimum Gasteiger partial charge on any atom is -0.497 e. The summed E-state index contributed by atoms with van der Waals surface area (Å²) in [6.45, 7) is 11.5. The lowest BCUT2D eigenvalue weighted by molar-refractivity contribution is -0.228. The Balaban J connectivity index is 1.93. The summed E-state index contributed by atoms with van der Waals surface area (Å²) >= 11 is 3.76. The first-order valence-electron chi connectivity index (χ1n) is 16.4. The molecule has 49 heavy (non-hydrogen) atoms. The second-order valence-corrected chi connectivity index (χ2v) is 18.2. The van der Waals surface area contributed by atoms with E-state index < -0.39 is 53.5 Å². The fraction of sp³-hybridized carbons (Fsp3) is 0.421. The van der Waals surface area contributed by atoms with E-state index in [2.05, 4.69) is 20.9 Å².